The third-order valence-corrected chi connectivity index (χ3v) is 10.8. The van der Waals surface area contributed by atoms with Crippen molar-refractivity contribution in [2.75, 3.05) is 20.2 Å². The van der Waals surface area contributed by atoms with Gasteiger partial charge in [0.15, 0.2) is 0 Å². The lowest BCUT2D eigenvalue weighted by atomic mass is 9.99. The van der Waals surface area contributed by atoms with Crippen LogP contribution < -0.4 is 36.9 Å². The maximum Gasteiger partial charge on any atom is 0.250 e. The van der Waals surface area contributed by atoms with Crippen molar-refractivity contribution in [3.63, 3.8) is 0 Å². The summed E-state index contributed by atoms with van der Waals surface area (Å²) >= 11 is 0. The molecule has 0 radical (unpaired) electrons. The van der Waals surface area contributed by atoms with Crippen molar-refractivity contribution in [2.24, 2.45) is 11.8 Å². The monoisotopic (exact) mass is 838 g/mol. The Labute approximate surface area is 355 Å². The molecule has 326 valence electrons. The number of hydrogen-bond donors (Lipinski definition) is 6. The predicted octanol–water partition coefficient (Wildman–Crippen LogP) is 2.20. The molecule has 5 rings (SSSR count). The number of nitrogens with one attached hydrogen (secondary N) is 6. The molecule has 61 heavy (non-hydrogen) atoms. The summed E-state index contributed by atoms with van der Waals surface area (Å²) in [5, 5.41) is 15.1. The lowest BCUT2D eigenvalue weighted by Gasteiger charge is -2.32. The number of hydrogen-bond acceptors (Lipinski definition) is 8. The van der Waals surface area contributed by atoms with Gasteiger partial charge in [-0.1, -0.05) is 64.1 Å². The number of benzene rings is 2. The minimum atomic E-state index is -1.20. The Hall–Kier alpha value is -6.45. The molecule has 0 saturated carbocycles. The molecule has 16 nitrogen and oxygen atoms in total. The zero-order valence-corrected chi connectivity index (χ0v) is 35.7. The highest BCUT2D eigenvalue weighted by Gasteiger charge is 2.34. The van der Waals surface area contributed by atoms with Crippen LogP contribution in [0.4, 0.5) is 0 Å². The number of amides is 6. The Kier molecular flexibility index (Phi) is 15.8. The first kappa shape index (κ1) is 45.6. The van der Waals surface area contributed by atoms with Crippen molar-refractivity contribution >= 4 is 46.3 Å². The van der Waals surface area contributed by atoms with Crippen molar-refractivity contribution < 1.29 is 33.5 Å². The SMILES string of the molecule is COc1ccc(C[C@@H]2NC(=O)[C@H](CC(C)C)NC(=O)[C@@H](Cc3c[nH]c4ccccc34)NC(=O)CN(C(=O)CCn3ccccc3=O)C[C@H](C(C)C)NC(=O)[C@@H](C)NC2=O)cc1. The average molecular weight is 839 g/mol. The number of aromatic nitrogens is 2. The van der Waals surface area contributed by atoms with E-state index in [-0.39, 0.29) is 56.2 Å². The van der Waals surface area contributed by atoms with Crippen molar-refractivity contribution in [1.82, 2.24) is 41.0 Å². The van der Waals surface area contributed by atoms with Gasteiger partial charge in [-0.3, -0.25) is 33.6 Å². The van der Waals surface area contributed by atoms with Crippen molar-refractivity contribution in [3.05, 3.63) is 101 Å². The van der Waals surface area contributed by atoms with Crippen LogP contribution in [-0.2, 0) is 48.2 Å². The van der Waals surface area contributed by atoms with Crippen LogP contribution >= 0.6 is 0 Å². The van der Waals surface area contributed by atoms with Crippen LogP contribution in [0.1, 0.15) is 58.6 Å². The Bertz CT molecular complexity index is 2230. The van der Waals surface area contributed by atoms with Crippen LogP contribution in [-0.4, -0.2) is 100 Å². The van der Waals surface area contributed by atoms with E-state index in [0.717, 1.165) is 16.5 Å². The fourth-order valence-corrected chi connectivity index (χ4v) is 7.22. The number of carbonyl (C=O) groups is 6. The van der Waals surface area contributed by atoms with Gasteiger partial charge in [-0.25, -0.2) is 0 Å². The second kappa shape index (κ2) is 21.2. The molecule has 0 spiro atoms. The second-order valence-corrected chi connectivity index (χ2v) is 16.3. The lowest BCUT2D eigenvalue weighted by molar-refractivity contribution is -0.138. The summed E-state index contributed by atoms with van der Waals surface area (Å²) in [7, 11) is 1.54. The van der Waals surface area contributed by atoms with Gasteiger partial charge in [-0.2, -0.15) is 0 Å². The normalized spacial score (nSPS) is 21.2. The molecular weight excluding hydrogens is 781 g/mol. The Balaban J connectivity index is 1.52. The standard InChI is InChI=1S/C45H58N8O8/c1-27(2)21-35-44(59)50-36(22-30-14-16-32(61-6)17-15-30)43(58)47-29(5)42(57)51-38(28(3)4)25-53(41(56)18-20-52-19-10-9-13-40(52)55)26-39(54)48-37(45(60)49-35)23-31-24-46-34-12-8-7-11-33(31)34/h7-17,19,24,27-29,35-38,46H,18,20-23,25-26H2,1-6H3,(H,47,58)(H,48,54)(H,49,60)(H,50,59)(H,51,57)/t29-,35+,36+,37-,38-/m1/s1. The fraction of sp³-hybridized carbons (Fsp3) is 0.444. The van der Waals surface area contributed by atoms with Gasteiger partial charge in [0, 0.05) is 67.8 Å². The topological polar surface area (TPSA) is 213 Å². The van der Waals surface area contributed by atoms with E-state index >= 15 is 0 Å². The van der Waals surface area contributed by atoms with E-state index in [1.807, 2.05) is 52.0 Å². The van der Waals surface area contributed by atoms with E-state index in [2.05, 4.69) is 31.6 Å². The molecule has 4 aromatic rings. The van der Waals surface area contributed by atoms with Crippen LogP contribution in [0, 0.1) is 11.8 Å². The molecule has 0 unspecified atom stereocenters. The molecule has 1 saturated heterocycles. The van der Waals surface area contributed by atoms with Crippen LogP contribution in [0.2, 0.25) is 0 Å². The number of ether oxygens (including phenoxy) is 1. The number of methoxy groups -OCH3 is 1. The molecular formula is C45H58N8O8. The summed E-state index contributed by atoms with van der Waals surface area (Å²) in [6.07, 6.45) is 3.48. The predicted molar refractivity (Wildman–Crippen MR) is 230 cm³/mol. The van der Waals surface area contributed by atoms with Crippen LogP contribution in [0.5, 0.6) is 5.75 Å². The molecule has 3 heterocycles. The first-order valence-electron chi connectivity index (χ1n) is 20.7. The number of aryl methyl sites for hydroxylation is 1. The summed E-state index contributed by atoms with van der Waals surface area (Å²) in [4.78, 5) is 101. The molecule has 0 bridgehead atoms. The largest absolute Gasteiger partial charge is 0.497 e. The highest BCUT2D eigenvalue weighted by Crippen LogP contribution is 2.20. The summed E-state index contributed by atoms with van der Waals surface area (Å²) in [5.74, 6) is -3.26. The fourth-order valence-electron chi connectivity index (χ4n) is 7.22. The molecule has 16 heteroatoms. The van der Waals surface area contributed by atoms with Gasteiger partial charge in [-0.15, -0.1) is 0 Å². The summed E-state index contributed by atoms with van der Waals surface area (Å²) in [6.45, 7) is 8.47. The van der Waals surface area contributed by atoms with E-state index in [1.165, 1.54) is 29.6 Å². The molecule has 1 fully saturated rings. The zero-order chi connectivity index (χ0) is 44.2. The maximum absolute atomic E-state index is 14.4. The number of fused-ring (bicyclic) bond motifs is 1. The minimum Gasteiger partial charge on any atom is -0.497 e. The number of nitrogens with zero attached hydrogens (tertiary/aromatic N) is 2. The molecule has 0 aliphatic carbocycles. The average Bonchev–Trinajstić information content (AvgIpc) is 3.63. The van der Waals surface area contributed by atoms with Gasteiger partial charge in [0.2, 0.25) is 35.4 Å². The van der Waals surface area contributed by atoms with Gasteiger partial charge < -0.3 is 45.8 Å². The number of para-hydroxylation sites is 1. The minimum absolute atomic E-state index is 0.0353. The second-order valence-electron chi connectivity index (χ2n) is 16.3. The van der Waals surface area contributed by atoms with Gasteiger partial charge in [0.25, 0.3) is 5.56 Å². The first-order chi connectivity index (χ1) is 29.1. The van der Waals surface area contributed by atoms with E-state index in [1.54, 1.807) is 48.8 Å². The number of H-pyrrole nitrogens is 1. The number of aromatic amines is 1. The Morgan fingerprint density at radius 2 is 1.41 bits per heavy atom. The summed E-state index contributed by atoms with van der Waals surface area (Å²) < 4.78 is 6.68. The van der Waals surface area contributed by atoms with Gasteiger partial charge in [0.05, 0.1) is 13.7 Å². The Morgan fingerprint density at radius 3 is 2.10 bits per heavy atom. The van der Waals surface area contributed by atoms with Crippen molar-refractivity contribution in [2.45, 2.75) is 97.1 Å². The Morgan fingerprint density at radius 1 is 0.754 bits per heavy atom. The maximum atomic E-state index is 14.4. The first-order valence-corrected chi connectivity index (χ1v) is 20.7. The van der Waals surface area contributed by atoms with E-state index in [4.69, 9.17) is 4.74 Å². The smallest absolute Gasteiger partial charge is 0.250 e. The highest BCUT2D eigenvalue weighted by molar-refractivity contribution is 5.96. The number of carbonyl (C=O) groups excluding carboxylic acids is 6. The van der Waals surface area contributed by atoms with E-state index in [9.17, 15) is 33.6 Å². The molecule has 2 aromatic heterocycles. The van der Waals surface area contributed by atoms with E-state index in [0.29, 0.717) is 11.3 Å². The quantitative estimate of drug-likeness (QED) is 0.132. The zero-order valence-electron chi connectivity index (χ0n) is 35.7. The lowest BCUT2D eigenvalue weighted by Crippen LogP contribution is -2.60. The van der Waals surface area contributed by atoms with E-state index < -0.39 is 72.2 Å². The van der Waals surface area contributed by atoms with Crippen molar-refractivity contribution in [1.29, 1.82) is 0 Å². The van der Waals surface area contributed by atoms with Crippen LogP contribution in [0.25, 0.3) is 10.9 Å². The molecule has 1 aliphatic heterocycles. The molecule has 2 aromatic carbocycles. The van der Waals surface area contributed by atoms with Crippen molar-refractivity contribution in [3.8, 4) is 5.75 Å². The third-order valence-electron chi connectivity index (χ3n) is 10.8. The molecule has 6 N–H and O–H groups in total. The van der Waals surface area contributed by atoms with Crippen LogP contribution in [0.15, 0.2) is 83.9 Å². The highest BCUT2D eigenvalue weighted by atomic mass is 16.5. The van der Waals surface area contributed by atoms with Gasteiger partial charge >= 0.3 is 0 Å². The molecule has 5 atom stereocenters. The third kappa shape index (κ3) is 12.8. The van der Waals surface area contributed by atoms with Crippen LogP contribution in [0.3, 0.4) is 0 Å². The molecule has 1 aliphatic rings. The van der Waals surface area contributed by atoms with Gasteiger partial charge in [0.1, 0.15) is 29.9 Å². The molecule has 6 amide bonds. The number of rotatable bonds is 11. The summed E-state index contributed by atoms with van der Waals surface area (Å²) in [5.41, 5.74) is 1.97. The number of pyridine rings is 1. The summed E-state index contributed by atoms with van der Waals surface area (Å²) in [6, 6.07) is 13.9. The van der Waals surface area contributed by atoms with Gasteiger partial charge in [-0.05, 0) is 60.6 Å².